The Balaban J connectivity index is 1.77. The van der Waals surface area contributed by atoms with Gasteiger partial charge in [-0.05, 0) is 36.4 Å². The Kier molecular flexibility index (Phi) is 5.57. The molecule has 0 bridgehead atoms. The highest BCUT2D eigenvalue weighted by Gasteiger charge is 1.98. The third kappa shape index (κ3) is 5.38. The first kappa shape index (κ1) is 15.1. The summed E-state index contributed by atoms with van der Waals surface area (Å²) in [6.07, 6.45) is 8.91. The van der Waals surface area contributed by atoms with E-state index in [-0.39, 0.29) is 0 Å². The van der Waals surface area contributed by atoms with Crippen LogP contribution in [-0.4, -0.2) is 21.8 Å². The van der Waals surface area contributed by atoms with Crippen LogP contribution in [0.1, 0.15) is 11.4 Å². The minimum absolute atomic E-state index is 0.453. The fourth-order valence-corrected chi connectivity index (χ4v) is 1.48. The zero-order valence-corrected chi connectivity index (χ0v) is 11.6. The van der Waals surface area contributed by atoms with Crippen molar-refractivity contribution in [3.05, 3.63) is 72.3 Å². The van der Waals surface area contributed by atoms with Crippen LogP contribution >= 0.6 is 0 Å². The summed E-state index contributed by atoms with van der Waals surface area (Å²) in [7, 11) is 0. The molecule has 0 aliphatic heterocycles. The smallest absolute Gasteiger partial charge is 0.262 e. The molecule has 2 heterocycles. The topological polar surface area (TPSA) is 84.0 Å². The second kappa shape index (κ2) is 8.11. The summed E-state index contributed by atoms with van der Waals surface area (Å²) in [5.41, 5.74) is 5.83. The van der Waals surface area contributed by atoms with Gasteiger partial charge in [0.05, 0.1) is 11.4 Å². The summed E-state index contributed by atoms with van der Waals surface area (Å²) >= 11 is 0. The van der Waals surface area contributed by atoms with E-state index in [0.717, 1.165) is 0 Å². The average Bonchev–Trinajstić information content (AvgIpc) is 2.58. The van der Waals surface area contributed by atoms with E-state index in [9.17, 15) is 9.59 Å². The maximum absolute atomic E-state index is 11.5. The summed E-state index contributed by atoms with van der Waals surface area (Å²) in [5.74, 6) is -0.907. The van der Waals surface area contributed by atoms with Crippen molar-refractivity contribution in [2.24, 2.45) is 0 Å². The zero-order valence-electron chi connectivity index (χ0n) is 11.6. The molecule has 110 valence electrons. The van der Waals surface area contributed by atoms with Crippen molar-refractivity contribution in [2.75, 3.05) is 0 Å². The highest BCUT2D eigenvalue weighted by molar-refractivity contribution is 5.96. The van der Waals surface area contributed by atoms with Crippen molar-refractivity contribution in [1.29, 1.82) is 0 Å². The van der Waals surface area contributed by atoms with E-state index in [4.69, 9.17) is 0 Å². The van der Waals surface area contributed by atoms with Crippen molar-refractivity contribution < 1.29 is 9.59 Å². The highest BCUT2D eigenvalue weighted by atomic mass is 16.2. The van der Waals surface area contributed by atoms with Gasteiger partial charge in [0, 0.05) is 24.5 Å². The van der Waals surface area contributed by atoms with Crippen LogP contribution in [-0.2, 0) is 9.59 Å². The Hall–Kier alpha value is -3.28. The fraction of sp³-hybridized carbons (Fsp3) is 0. The summed E-state index contributed by atoms with van der Waals surface area (Å²) in [4.78, 5) is 31.1. The molecule has 0 unspecified atom stereocenters. The van der Waals surface area contributed by atoms with Crippen LogP contribution in [0.3, 0.4) is 0 Å². The summed E-state index contributed by atoms with van der Waals surface area (Å²) < 4.78 is 0. The number of nitrogens with one attached hydrogen (secondary N) is 2. The number of pyridine rings is 2. The molecule has 0 saturated carbocycles. The van der Waals surface area contributed by atoms with Gasteiger partial charge >= 0.3 is 0 Å². The molecule has 0 aromatic carbocycles. The van der Waals surface area contributed by atoms with E-state index < -0.39 is 11.8 Å². The number of hydrogen-bond donors (Lipinski definition) is 2. The third-order valence-electron chi connectivity index (χ3n) is 2.50. The molecule has 2 aromatic rings. The Labute approximate surface area is 127 Å². The van der Waals surface area contributed by atoms with E-state index in [1.807, 2.05) is 12.1 Å². The average molecular weight is 294 g/mol. The third-order valence-corrected chi connectivity index (χ3v) is 2.50. The Morgan fingerprint density at radius 2 is 1.23 bits per heavy atom. The molecule has 2 rings (SSSR count). The van der Waals surface area contributed by atoms with E-state index in [1.165, 1.54) is 12.2 Å². The number of carbonyl (C=O) groups excluding carboxylic acids is 2. The van der Waals surface area contributed by atoms with Gasteiger partial charge in [-0.3, -0.25) is 30.4 Å². The quantitative estimate of drug-likeness (QED) is 0.658. The maximum atomic E-state index is 11.5. The second-order valence-electron chi connectivity index (χ2n) is 4.15. The van der Waals surface area contributed by atoms with Crippen LogP contribution in [0.25, 0.3) is 12.2 Å². The molecule has 0 fully saturated rings. The predicted octanol–water partition coefficient (Wildman–Crippen LogP) is 1.35. The standard InChI is InChI=1S/C16H14N4O2/c21-15(9-7-13-5-1-3-11-17-13)19-20-16(22)10-8-14-6-2-4-12-18-14/h1-12H,(H,19,21)(H,20,22)/b9-7+,10-8+. The Morgan fingerprint density at radius 3 is 1.59 bits per heavy atom. The fourth-order valence-electron chi connectivity index (χ4n) is 1.48. The lowest BCUT2D eigenvalue weighted by molar-refractivity contribution is -0.123. The molecular weight excluding hydrogens is 280 g/mol. The van der Waals surface area contributed by atoms with Gasteiger partial charge in [0.15, 0.2) is 0 Å². The van der Waals surface area contributed by atoms with Crippen molar-refractivity contribution in [3.8, 4) is 0 Å². The van der Waals surface area contributed by atoms with Crippen molar-refractivity contribution in [1.82, 2.24) is 20.8 Å². The molecule has 0 saturated heterocycles. The van der Waals surface area contributed by atoms with Gasteiger partial charge in [-0.2, -0.15) is 0 Å². The number of rotatable bonds is 4. The van der Waals surface area contributed by atoms with Gasteiger partial charge in [-0.25, -0.2) is 0 Å². The summed E-state index contributed by atoms with van der Waals surface area (Å²) in [6, 6.07) is 10.7. The van der Waals surface area contributed by atoms with E-state index in [1.54, 1.807) is 48.8 Å². The van der Waals surface area contributed by atoms with Crippen LogP contribution < -0.4 is 10.9 Å². The predicted molar refractivity (Wildman–Crippen MR) is 82.8 cm³/mol. The maximum Gasteiger partial charge on any atom is 0.262 e. The highest BCUT2D eigenvalue weighted by Crippen LogP contribution is 1.96. The van der Waals surface area contributed by atoms with Crippen LogP contribution in [0.5, 0.6) is 0 Å². The van der Waals surface area contributed by atoms with Gasteiger partial charge < -0.3 is 0 Å². The lowest BCUT2D eigenvalue weighted by atomic mass is 10.3. The van der Waals surface area contributed by atoms with Crippen LogP contribution in [0, 0.1) is 0 Å². The van der Waals surface area contributed by atoms with Gasteiger partial charge in [0.1, 0.15) is 0 Å². The van der Waals surface area contributed by atoms with Crippen molar-refractivity contribution >= 4 is 24.0 Å². The number of hydrogen-bond acceptors (Lipinski definition) is 4. The molecule has 2 amide bonds. The van der Waals surface area contributed by atoms with Crippen molar-refractivity contribution in [2.45, 2.75) is 0 Å². The second-order valence-corrected chi connectivity index (χ2v) is 4.15. The summed E-state index contributed by atoms with van der Waals surface area (Å²) in [5, 5.41) is 0. The Morgan fingerprint density at radius 1 is 0.773 bits per heavy atom. The Bertz CT molecular complexity index is 620. The van der Waals surface area contributed by atoms with Crippen molar-refractivity contribution in [3.63, 3.8) is 0 Å². The number of aromatic nitrogens is 2. The molecular formula is C16H14N4O2. The molecule has 0 spiro atoms. The lowest BCUT2D eigenvalue weighted by Gasteiger charge is -2.01. The molecule has 2 aromatic heterocycles. The largest absolute Gasteiger partial charge is 0.268 e. The number of carbonyl (C=O) groups is 2. The first-order valence-electron chi connectivity index (χ1n) is 6.52. The summed E-state index contributed by atoms with van der Waals surface area (Å²) in [6.45, 7) is 0. The molecule has 0 atom stereocenters. The minimum Gasteiger partial charge on any atom is -0.268 e. The van der Waals surface area contributed by atoms with Crippen LogP contribution in [0.15, 0.2) is 60.9 Å². The van der Waals surface area contributed by atoms with Crippen LogP contribution in [0.2, 0.25) is 0 Å². The first-order valence-corrected chi connectivity index (χ1v) is 6.52. The van der Waals surface area contributed by atoms with E-state index >= 15 is 0 Å². The molecule has 0 radical (unpaired) electrons. The number of amides is 2. The van der Waals surface area contributed by atoms with E-state index in [2.05, 4.69) is 20.8 Å². The normalized spacial score (nSPS) is 10.7. The minimum atomic E-state index is -0.453. The lowest BCUT2D eigenvalue weighted by Crippen LogP contribution is -2.39. The van der Waals surface area contributed by atoms with Gasteiger partial charge in [0.25, 0.3) is 11.8 Å². The zero-order chi connectivity index (χ0) is 15.6. The first-order chi connectivity index (χ1) is 10.7. The SMILES string of the molecule is O=C(/C=C/c1ccccn1)NNC(=O)/C=C/c1ccccn1. The van der Waals surface area contributed by atoms with Gasteiger partial charge in [-0.15, -0.1) is 0 Å². The number of hydrazine groups is 1. The number of nitrogens with zero attached hydrogens (tertiary/aromatic N) is 2. The van der Waals surface area contributed by atoms with E-state index in [0.29, 0.717) is 11.4 Å². The van der Waals surface area contributed by atoms with Gasteiger partial charge in [-0.1, -0.05) is 12.1 Å². The molecule has 6 nitrogen and oxygen atoms in total. The molecule has 0 aliphatic carbocycles. The molecule has 2 N–H and O–H groups in total. The molecule has 22 heavy (non-hydrogen) atoms. The molecule has 0 aliphatic rings. The van der Waals surface area contributed by atoms with Crippen LogP contribution in [0.4, 0.5) is 0 Å². The van der Waals surface area contributed by atoms with Gasteiger partial charge in [0.2, 0.25) is 0 Å². The molecule has 6 heteroatoms. The monoisotopic (exact) mass is 294 g/mol.